The minimum absolute atomic E-state index is 0.00532. The number of nitrogens with one attached hydrogen (secondary N) is 2. The Morgan fingerprint density at radius 2 is 1.85 bits per heavy atom. The maximum absolute atomic E-state index is 12.7. The van der Waals surface area contributed by atoms with Gasteiger partial charge in [-0.2, -0.15) is 0 Å². The fourth-order valence-electron chi connectivity index (χ4n) is 3.60. The van der Waals surface area contributed by atoms with E-state index >= 15 is 0 Å². The zero-order valence-electron chi connectivity index (χ0n) is 18.2. The van der Waals surface area contributed by atoms with Crippen LogP contribution in [0.25, 0.3) is 0 Å². The van der Waals surface area contributed by atoms with E-state index < -0.39 is 16.8 Å². The number of nitro groups is 1. The van der Waals surface area contributed by atoms with E-state index in [0.29, 0.717) is 17.4 Å². The summed E-state index contributed by atoms with van der Waals surface area (Å²) in [5, 5.41) is 25.9. The second-order valence-electron chi connectivity index (χ2n) is 7.76. The molecule has 1 aliphatic rings. The third kappa shape index (κ3) is 5.75. The molecule has 0 aliphatic carbocycles. The topological polar surface area (TPSA) is 134 Å². The average Bonchev–Trinajstić information content (AvgIpc) is 2.79. The van der Waals surface area contributed by atoms with Crippen molar-refractivity contribution in [1.82, 2.24) is 5.32 Å². The molecule has 0 unspecified atom stereocenters. The molecule has 0 atom stereocenters. The number of carboxylic acids is 1. The van der Waals surface area contributed by atoms with Crippen molar-refractivity contribution < 1.29 is 24.4 Å². The number of nitro benzene ring substituents is 1. The summed E-state index contributed by atoms with van der Waals surface area (Å²) in [4.78, 5) is 37.0. The molecule has 174 valence electrons. The Bertz CT molecular complexity index is 1100. The number of rotatable bonds is 6. The van der Waals surface area contributed by atoms with E-state index in [1.54, 1.807) is 6.07 Å². The van der Waals surface area contributed by atoms with Gasteiger partial charge >= 0.3 is 5.97 Å². The molecular formula is C22H24N4O6S. The summed E-state index contributed by atoms with van der Waals surface area (Å²) < 4.78 is 5.18. The fraction of sp³-hybridized carbons (Fsp3) is 0.318. The van der Waals surface area contributed by atoms with E-state index in [2.05, 4.69) is 17.6 Å². The van der Waals surface area contributed by atoms with Gasteiger partial charge in [-0.25, -0.2) is 4.79 Å². The minimum Gasteiger partial charge on any atom is -0.495 e. The smallest absolute Gasteiger partial charge is 0.335 e. The number of carboxylic acid groups (broad SMARTS) is 1. The maximum Gasteiger partial charge on any atom is 0.335 e. The molecule has 2 aromatic carbocycles. The predicted octanol–water partition coefficient (Wildman–Crippen LogP) is 3.66. The Balaban J connectivity index is 1.75. The molecule has 1 aliphatic heterocycles. The Morgan fingerprint density at radius 1 is 1.18 bits per heavy atom. The van der Waals surface area contributed by atoms with Gasteiger partial charge in [-0.05, 0) is 61.3 Å². The molecule has 0 radical (unpaired) electrons. The lowest BCUT2D eigenvalue weighted by Gasteiger charge is -2.31. The summed E-state index contributed by atoms with van der Waals surface area (Å²) in [6.45, 7) is 3.60. The van der Waals surface area contributed by atoms with Gasteiger partial charge in [0.05, 0.1) is 23.3 Å². The van der Waals surface area contributed by atoms with Crippen molar-refractivity contribution in [3.05, 3.63) is 57.6 Å². The van der Waals surface area contributed by atoms with Gasteiger partial charge in [-0.1, -0.05) is 6.92 Å². The highest BCUT2D eigenvalue weighted by Gasteiger charge is 2.25. The normalized spacial score (nSPS) is 13.8. The van der Waals surface area contributed by atoms with Crippen LogP contribution < -0.4 is 20.3 Å². The molecular weight excluding hydrogens is 448 g/mol. The Labute approximate surface area is 195 Å². The van der Waals surface area contributed by atoms with Crippen LogP contribution in [0.2, 0.25) is 0 Å². The second kappa shape index (κ2) is 10.3. The van der Waals surface area contributed by atoms with Gasteiger partial charge in [0.15, 0.2) is 5.11 Å². The number of carbonyl (C=O) groups excluding carboxylic acids is 1. The molecule has 1 fully saturated rings. The van der Waals surface area contributed by atoms with Crippen LogP contribution in [-0.2, 0) is 0 Å². The van der Waals surface area contributed by atoms with Crippen molar-refractivity contribution in [3.8, 4) is 5.75 Å². The molecule has 2 aromatic rings. The van der Waals surface area contributed by atoms with Crippen molar-refractivity contribution in [2.75, 3.05) is 30.4 Å². The summed E-state index contributed by atoms with van der Waals surface area (Å²) in [5.74, 6) is -0.866. The van der Waals surface area contributed by atoms with Crippen LogP contribution >= 0.6 is 12.2 Å². The van der Waals surface area contributed by atoms with E-state index in [-0.39, 0.29) is 27.6 Å². The standard InChI is InChI=1S/C22H24N4O6S/c1-13-7-9-25(10-8-13)17-5-3-14(12-18(17)26(30)31)20(27)24-22(33)23-16-11-15(21(28)29)4-6-19(16)32-2/h3-6,11-13H,7-10H2,1-2H3,(H,28,29)(H2,23,24,27,33). The summed E-state index contributed by atoms with van der Waals surface area (Å²) in [6, 6.07) is 8.48. The molecule has 1 saturated heterocycles. The lowest BCUT2D eigenvalue weighted by molar-refractivity contribution is -0.384. The molecule has 10 nitrogen and oxygen atoms in total. The second-order valence-corrected chi connectivity index (χ2v) is 8.17. The average molecular weight is 473 g/mol. The Morgan fingerprint density at radius 3 is 2.45 bits per heavy atom. The quantitative estimate of drug-likeness (QED) is 0.327. The fourth-order valence-corrected chi connectivity index (χ4v) is 3.80. The summed E-state index contributed by atoms with van der Waals surface area (Å²) in [5.41, 5.74) is 0.673. The van der Waals surface area contributed by atoms with Gasteiger partial charge in [0, 0.05) is 24.7 Å². The Kier molecular flexibility index (Phi) is 7.44. The number of piperidine rings is 1. The minimum atomic E-state index is -1.13. The van der Waals surface area contributed by atoms with Crippen LogP contribution in [0.5, 0.6) is 5.75 Å². The zero-order valence-corrected chi connectivity index (χ0v) is 19.0. The van der Waals surface area contributed by atoms with Crippen LogP contribution in [0.4, 0.5) is 17.1 Å². The molecule has 0 spiro atoms. The van der Waals surface area contributed by atoms with Gasteiger partial charge in [-0.15, -0.1) is 0 Å². The van der Waals surface area contributed by atoms with E-state index in [1.807, 2.05) is 4.90 Å². The van der Waals surface area contributed by atoms with Gasteiger partial charge in [0.2, 0.25) is 0 Å². The summed E-state index contributed by atoms with van der Waals surface area (Å²) in [7, 11) is 1.41. The molecule has 3 N–H and O–H groups in total. The first-order chi connectivity index (χ1) is 15.7. The van der Waals surface area contributed by atoms with Gasteiger partial charge in [0.1, 0.15) is 11.4 Å². The summed E-state index contributed by atoms with van der Waals surface area (Å²) in [6.07, 6.45) is 1.90. The first-order valence-electron chi connectivity index (χ1n) is 10.3. The van der Waals surface area contributed by atoms with E-state index in [9.17, 15) is 24.8 Å². The monoisotopic (exact) mass is 472 g/mol. The number of benzene rings is 2. The van der Waals surface area contributed by atoms with Crippen LogP contribution in [0.3, 0.4) is 0 Å². The number of nitrogens with zero attached hydrogens (tertiary/aromatic N) is 2. The molecule has 33 heavy (non-hydrogen) atoms. The third-order valence-corrected chi connectivity index (χ3v) is 5.68. The van der Waals surface area contributed by atoms with Gasteiger partial charge in [0.25, 0.3) is 11.6 Å². The van der Waals surface area contributed by atoms with Crippen molar-refractivity contribution in [1.29, 1.82) is 0 Å². The van der Waals surface area contributed by atoms with E-state index in [1.165, 1.54) is 37.4 Å². The van der Waals surface area contributed by atoms with E-state index in [0.717, 1.165) is 25.9 Å². The zero-order chi connectivity index (χ0) is 24.1. The SMILES string of the molecule is COc1ccc(C(=O)O)cc1NC(=S)NC(=O)c1ccc(N2CCC(C)CC2)c([N+](=O)[O-])c1. The number of amides is 1. The number of anilines is 2. The lowest BCUT2D eigenvalue weighted by atomic mass is 9.98. The first-order valence-corrected chi connectivity index (χ1v) is 10.7. The first kappa shape index (κ1) is 23.9. The summed E-state index contributed by atoms with van der Waals surface area (Å²) >= 11 is 5.16. The van der Waals surface area contributed by atoms with Gasteiger partial charge < -0.3 is 20.1 Å². The highest BCUT2D eigenvalue weighted by Crippen LogP contribution is 2.32. The largest absolute Gasteiger partial charge is 0.495 e. The van der Waals surface area contributed by atoms with Crippen LogP contribution in [0.15, 0.2) is 36.4 Å². The highest BCUT2D eigenvalue weighted by molar-refractivity contribution is 7.80. The number of aromatic carboxylic acids is 1. The van der Waals surface area contributed by atoms with Crippen LogP contribution in [-0.4, -0.2) is 47.2 Å². The molecule has 0 bridgehead atoms. The van der Waals surface area contributed by atoms with Crippen LogP contribution in [0.1, 0.15) is 40.5 Å². The Hall–Kier alpha value is -3.73. The number of methoxy groups -OCH3 is 1. The van der Waals surface area contributed by atoms with Crippen molar-refractivity contribution in [3.63, 3.8) is 0 Å². The molecule has 1 amide bonds. The highest BCUT2D eigenvalue weighted by atomic mass is 32.1. The molecule has 0 saturated carbocycles. The molecule has 11 heteroatoms. The van der Waals surface area contributed by atoms with Crippen LogP contribution in [0, 0.1) is 16.0 Å². The predicted molar refractivity (Wildman–Crippen MR) is 127 cm³/mol. The number of carbonyl (C=O) groups is 2. The van der Waals surface area contributed by atoms with E-state index in [4.69, 9.17) is 17.0 Å². The number of ether oxygens (including phenoxy) is 1. The third-order valence-electron chi connectivity index (χ3n) is 5.48. The number of hydrogen-bond acceptors (Lipinski definition) is 7. The lowest BCUT2D eigenvalue weighted by Crippen LogP contribution is -2.35. The maximum atomic E-state index is 12.7. The van der Waals surface area contributed by atoms with Crippen molar-refractivity contribution in [2.24, 2.45) is 5.92 Å². The molecule has 1 heterocycles. The number of hydrogen-bond donors (Lipinski definition) is 3. The van der Waals surface area contributed by atoms with Crippen molar-refractivity contribution >= 4 is 46.3 Å². The van der Waals surface area contributed by atoms with Crippen molar-refractivity contribution in [2.45, 2.75) is 19.8 Å². The molecule has 0 aromatic heterocycles. The van der Waals surface area contributed by atoms with Gasteiger partial charge in [-0.3, -0.25) is 20.2 Å². The number of thiocarbonyl (C=S) groups is 1. The molecule has 3 rings (SSSR count).